The predicted molar refractivity (Wildman–Crippen MR) is 57.9 cm³/mol. The first-order valence-corrected chi connectivity index (χ1v) is 5.71. The molecule has 0 N–H and O–H groups in total. The minimum atomic E-state index is 0.0228. The molecule has 1 aliphatic rings. The van der Waals surface area contributed by atoms with Crippen molar-refractivity contribution in [2.24, 2.45) is 0 Å². The highest BCUT2D eigenvalue weighted by Crippen LogP contribution is 2.38. The molecule has 1 saturated carbocycles. The monoisotopic (exact) mass is 230 g/mol. The lowest BCUT2D eigenvalue weighted by Crippen LogP contribution is -2.28. The van der Waals surface area contributed by atoms with Crippen molar-refractivity contribution in [3.05, 3.63) is 24.0 Å². The molecule has 1 fully saturated rings. The Hall–Kier alpha value is -0.340. The van der Waals surface area contributed by atoms with E-state index in [1.54, 1.807) is 12.4 Å². The quantitative estimate of drug-likeness (QED) is 0.694. The Morgan fingerprint density at radius 2 is 2.07 bits per heavy atom. The van der Waals surface area contributed by atoms with Gasteiger partial charge in [-0.15, -0.1) is 23.2 Å². The van der Waals surface area contributed by atoms with Crippen molar-refractivity contribution in [1.82, 2.24) is 10.2 Å². The van der Waals surface area contributed by atoms with Crippen molar-refractivity contribution in [2.75, 3.05) is 0 Å². The summed E-state index contributed by atoms with van der Waals surface area (Å²) in [5, 5.41) is 7.74. The third kappa shape index (κ3) is 2.01. The molecule has 0 aliphatic heterocycles. The van der Waals surface area contributed by atoms with Crippen molar-refractivity contribution in [3.63, 3.8) is 0 Å². The molecule has 76 valence electrons. The number of alkyl halides is 2. The molecule has 2 nitrogen and oxygen atoms in total. The highest BCUT2D eigenvalue weighted by molar-refractivity contribution is 6.30. The summed E-state index contributed by atoms with van der Waals surface area (Å²) in [6.07, 6.45) is 6.75. The largest absolute Gasteiger partial charge is 0.159 e. The van der Waals surface area contributed by atoms with Crippen LogP contribution >= 0.6 is 23.2 Å². The molecule has 0 aromatic carbocycles. The maximum Gasteiger partial charge on any atom is 0.0568 e. The fourth-order valence-corrected chi connectivity index (χ4v) is 2.70. The van der Waals surface area contributed by atoms with Gasteiger partial charge in [-0.3, -0.25) is 0 Å². The summed E-state index contributed by atoms with van der Waals surface area (Å²) < 4.78 is 0. The van der Waals surface area contributed by atoms with Gasteiger partial charge < -0.3 is 0 Å². The van der Waals surface area contributed by atoms with Gasteiger partial charge in [0.05, 0.1) is 17.0 Å². The minimum absolute atomic E-state index is 0.0228. The molecule has 1 aromatic heterocycles. The molecular weight excluding hydrogens is 219 g/mol. The Labute approximate surface area is 93.6 Å². The van der Waals surface area contributed by atoms with Gasteiger partial charge >= 0.3 is 0 Å². The minimum Gasteiger partial charge on any atom is -0.159 e. The third-order valence-corrected chi connectivity index (χ3v) is 3.99. The van der Waals surface area contributed by atoms with Gasteiger partial charge in [-0.25, -0.2) is 0 Å². The number of halogens is 2. The molecule has 0 radical (unpaired) electrons. The highest BCUT2D eigenvalue weighted by Gasteiger charge is 2.31. The third-order valence-electron chi connectivity index (χ3n) is 2.76. The summed E-state index contributed by atoms with van der Waals surface area (Å²) in [5.41, 5.74) is 1.16. The van der Waals surface area contributed by atoms with E-state index in [1.165, 1.54) is 0 Å². The second-order valence-corrected chi connectivity index (χ2v) is 4.74. The van der Waals surface area contributed by atoms with Crippen LogP contribution in [0.5, 0.6) is 0 Å². The molecule has 0 amide bonds. The van der Waals surface area contributed by atoms with Gasteiger partial charge in [-0.05, 0) is 24.5 Å². The van der Waals surface area contributed by atoms with Gasteiger partial charge in [0.2, 0.25) is 0 Å². The van der Waals surface area contributed by atoms with Crippen LogP contribution in [0.25, 0.3) is 0 Å². The Balaban J connectivity index is 2.17. The summed E-state index contributed by atoms with van der Waals surface area (Å²) in [7, 11) is 0. The zero-order valence-electron chi connectivity index (χ0n) is 7.74. The number of nitrogens with zero attached hydrogens (tertiary/aromatic N) is 2. The fraction of sp³-hybridized carbons (Fsp3) is 0.600. The summed E-state index contributed by atoms with van der Waals surface area (Å²) in [6, 6.07) is 1.97. The van der Waals surface area contributed by atoms with E-state index in [0.29, 0.717) is 5.92 Å². The summed E-state index contributed by atoms with van der Waals surface area (Å²) in [6.45, 7) is 0. The van der Waals surface area contributed by atoms with E-state index >= 15 is 0 Å². The summed E-state index contributed by atoms with van der Waals surface area (Å²) in [5.74, 6) is 0.336. The topological polar surface area (TPSA) is 25.8 Å². The van der Waals surface area contributed by atoms with Gasteiger partial charge in [-0.1, -0.05) is 6.42 Å². The van der Waals surface area contributed by atoms with E-state index in [2.05, 4.69) is 10.2 Å². The second-order valence-electron chi connectivity index (χ2n) is 3.67. The van der Waals surface area contributed by atoms with Crippen molar-refractivity contribution >= 4 is 23.2 Å². The number of hydrogen-bond donors (Lipinski definition) is 0. The molecule has 2 rings (SSSR count). The predicted octanol–water partition coefficient (Wildman–Crippen LogP) is 2.96. The molecule has 1 aliphatic carbocycles. The smallest absolute Gasteiger partial charge is 0.0568 e. The molecule has 1 heterocycles. The lowest BCUT2D eigenvalue weighted by molar-refractivity contribution is 0.455. The molecule has 14 heavy (non-hydrogen) atoms. The van der Waals surface area contributed by atoms with Crippen LogP contribution in [0.4, 0.5) is 0 Å². The van der Waals surface area contributed by atoms with Gasteiger partial charge in [0, 0.05) is 12.1 Å². The van der Waals surface area contributed by atoms with E-state index in [0.717, 1.165) is 24.8 Å². The average molecular weight is 231 g/mol. The van der Waals surface area contributed by atoms with Crippen LogP contribution in [0.2, 0.25) is 0 Å². The molecule has 0 bridgehead atoms. The van der Waals surface area contributed by atoms with E-state index in [1.807, 2.05) is 6.07 Å². The molecule has 0 saturated heterocycles. The van der Waals surface area contributed by atoms with Crippen molar-refractivity contribution in [1.29, 1.82) is 0 Å². The maximum atomic E-state index is 6.29. The fourth-order valence-electron chi connectivity index (χ4n) is 1.97. The Morgan fingerprint density at radius 1 is 1.21 bits per heavy atom. The first kappa shape index (κ1) is 10.2. The molecule has 4 heteroatoms. The van der Waals surface area contributed by atoms with Gasteiger partial charge in [0.1, 0.15) is 0 Å². The zero-order valence-corrected chi connectivity index (χ0v) is 9.25. The molecule has 1 aromatic rings. The molecule has 3 atom stereocenters. The van der Waals surface area contributed by atoms with Gasteiger partial charge in [0.25, 0.3) is 0 Å². The Bertz CT molecular complexity index is 291. The number of hydrogen-bond acceptors (Lipinski definition) is 2. The van der Waals surface area contributed by atoms with E-state index in [4.69, 9.17) is 23.2 Å². The first-order valence-electron chi connectivity index (χ1n) is 4.84. The zero-order chi connectivity index (χ0) is 9.97. The van der Waals surface area contributed by atoms with E-state index < -0.39 is 0 Å². The Morgan fingerprint density at radius 3 is 2.79 bits per heavy atom. The van der Waals surface area contributed by atoms with Crippen LogP contribution in [-0.4, -0.2) is 21.0 Å². The molecule has 3 unspecified atom stereocenters. The van der Waals surface area contributed by atoms with Gasteiger partial charge in [0.15, 0.2) is 0 Å². The van der Waals surface area contributed by atoms with Crippen LogP contribution in [0.3, 0.4) is 0 Å². The van der Waals surface area contributed by atoms with Crippen LogP contribution < -0.4 is 0 Å². The normalized spacial score (nSPS) is 32.9. The van der Waals surface area contributed by atoms with Gasteiger partial charge in [-0.2, -0.15) is 10.2 Å². The second kappa shape index (κ2) is 4.45. The SMILES string of the molecule is ClC1CCCC(c2ccnnc2)C1Cl. The van der Waals surface area contributed by atoms with Crippen LogP contribution in [0.1, 0.15) is 30.7 Å². The van der Waals surface area contributed by atoms with Crippen molar-refractivity contribution in [2.45, 2.75) is 35.9 Å². The first-order chi connectivity index (χ1) is 6.79. The summed E-state index contributed by atoms with van der Waals surface area (Å²) >= 11 is 12.4. The molecule has 0 spiro atoms. The van der Waals surface area contributed by atoms with Crippen LogP contribution in [-0.2, 0) is 0 Å². The maximum absolute atomic E-state index is 6.29. The summed E-state index contributed by atoms with van der Waals surface area (Å²) in [4.78, 5) is 0. The lowest BCUT2D eigenvalue weighted by atomic mass is 9.84. The van der Waals surface area contributed by atoms with Crippen molar-refractivity contribution < 1.29 is 0 Å². The average Bonchev–Trinajstić information content (AvgIpc) is 2.23. The molecular formula is C10H12Cl2N2. The highest BCUT2D eigenvalue weighted by atomic mass is 35.5. The van der Waals surface area contributed by atoms with Crippen LogP contribution in [0.15, 0.2) is 18.5 Å². The van der Waals surface area contributed by atoms with E-state index in [-0.39, 0.29) is 10.8 Å². The van der Waals surface area contributed by atoms with Crippen molar-refractivity contribution in [3.8, 4) is 0 Å². The van der Waals surface area contributed by atoms with Crippen LogP contribution in [0, 0.1) is 0 Å². The standard InChI is InChI=1S/C10H12Cl2N2/c11-9-3-1-2-8(10(9)12)7-4-5-13-14-6-7/h4-6,8-10H,1-3H2. The number of rotatable bonds is 1. The number of aromatic nitrogens is 2. The Kier molecular flexibility index (Phi) is 3.24. The lowest BCUT2D eigenvalue weighted by Gasteiger charge is -2.30. The van der Waals surface area contributed by atoms with E-state index in [9.17, 15) is 0 Å².